The predicted octanol–water partition coefficient (Wildman–Crippen LogP) is 4.47. The van der Waals surface area contributed by atoms with Crippen molar-refractivity contribution in [3.8, 4) is 17.0 Å². The number of aromatic nitrogens is 1. The van der Waals surface area contributed by atoms with Crippen LogP contribution in [0.3, 0.4) is 0 Å². The number of carbonyl (C=O) groups is 1. The number of aryl methyl sites for hydroxylation is 1. The van der Waals surface area contributed by atoms with Crippen LogP contribution >= 0.6 is 0 Å². The fourth-order valence-electron chi connectivity index (χ4n) is 3.82. The van der Waals surface area contributed by atoms with Gasteiger partial charge in [-0.1, -0.05) is 36.4 Å². The van der Waals surface area contributed by atoms with Crippen LogP contribution in [-0.2, 0) is 24.4 Å². The molecule has 0 saturated heterocycles. The Kier molecular flexibility index (Phi) is 6.10. The summed E-state index contributed by atoms with van der Waals surface area (Å²) in [6, 6.07) is 20.5. The third-order valence-electron chi connectivity index (χ3n) is 5.49. The van der Waals surface area contributed by atoms with Gasteiger partial charge in [0.1, 0.15) is 12.4 Å². The lowest BCUT2D eigenvalue weighted by Crippen LogP contribution is -2.32. The first kappa shape index (κ1) is 20.1. The molecule has 0 saturated carbocycles. The van der Waals surface area contributed by atoms with Gasteiger partial charge < -0.3 is 9.84 Å². The highest BCUT2D eigenvalue weighted by molar-refractivity contribution is 5.67. The largest absolute Gasteiger partial charge is 0.489 e. The number of fused-ring (bicyclic) bond motifs is 1. The summed E-state index contributed by atoms with van der Waals surface area (Å²) in [5.74, 6) is 0.105. The average molecular weight is 402 g/mol. The van der Waals surface area contributed by atoms with Gasteiger partial charge in [-0.15, -0.1) is 0 Å². The van der Waals surface area contributed by atoms with Crippen LogP contribution in [0.2, 0.25) is 0 Å². The minimum Gasteiger partial charge on any atom is -0.489 e. The van der Waals surface area contributed by atoms with Crippen LogP contribution in [0.5, 0.6) is 5.75 Å². The van der Waals surface area contributed by atoms with E-state index in [0.29, 0.717) is 13.2 Å². The fraction of sp³-hybridized carbons (Fsp3) is 0.280. The van der Waals surface area contributed by atoms with E-state index in [1.54, 1.807) is 0 Å². The van der Waals surface area contributed by atoms with E-state index in [0.717, 1.165) is 53.3 Å². The normalized spacial score (nSPS) is 13.6. The second kappa shape index (κ2) is 9.09. The van der Waals surface area contributed by atoms with Gasteiger partial charge >= 0.3 is 5.97 Å². The lowest BCUT2D eigenvalue weighted by atomic mass is 10.0. The van der Waals surface area contributed by atoms with Crippen molar-refractivity contribution in [2.75, 3.05) is 13.1 Å². The third kappa shape index (κ3) is 4.86. The highest BCUT2D eigenvalue weighted by atomic mass is 16.5. The van der Waals surface area contributed by atoms with Gasteiger partial charge in [0, 0.05) is 37.3 Å². The number of hydrogen-bond acceptors (Lipinski definition) is 4. The Bertz CT molecular complexity index is 1030. The first-order chi connectivity index (χ1) is 14.6. The molecule has 2 heterocycles. The summed E-state index contributed by atoms with van der Waals surface area (Å²) in [6.45, 7) is 4.83. The summed E-state index contributed by atoms with van der Waals surface area (Å²) in [6.07, 6.45) is 1.03. The van der Waals surface area contributed by atoms with Crippen LogP contribution in [0.1, 0.15) is 28.8 Å². The molecule has 0 radical (unpaired) electrons. The number of ether oxygens (including phenoxy) is 1. The molecule has 1 N–H and O–H groups in total. The van der Waals surface area contributed by atoms with Crippen LogP contribution in [-0.4, -0.2) is 34.0 Å². The van der Waals surface area contributed by atoms with Crippen LogP contribution in [0, 0.1) is 6.92 Å². The van der Waals surface area contributed by atoms with Gasteiger partial charge in [0.25, 0.3) is 0 Å². The first-order valence-corrected chi connectivity index (χ1v) is 10.3. The number of carboxylic acid groups (broad SMARTS) is 1. The molecule has 0 unspecified atom stereocenters. The predicted molar refractivity (Wildman–Crippen MR) is 116 cm³/mol. The summed E-state index contributed by atoms with van der Waals surface area (Å²) < 4.78 is 5.94. The van der Waals surface area contributed by atoms with E-state index in [2.05, 4.69) is 48.2 Å². The van der Waals surface area contributed by atoms with Gasteiger partial charge in [0.05, 0.1) is 12.1 Å². The molecular formula is C25H26N2O3. The Morgan fingerprint density at radius 2 is 1.97 bits per heavy atom. The highest BCUT2D eigenvalue weighted by Gasteiger charge is 2.19. The fourth-order valence-corrected chi connectivity index (χ4v) is 3.82. The molecule has 1 aromatic heterocycles. The van der Waals surface area contributed by atoms with Crippen molar-refractivity contribution in [2.45, 2.75) is 32.9 Å². The first-order valence-electron chi connectivity index (χ1n) is 10.3. The number of nitrogens with zero attached hydrogens (tertiary/aromatic N) is 2. The maximum Gasteiger partial charge on any atom is 0.304 e. The number of hydrogen-bond donors (Lipinski definition) is 1. The molecule has 0 atom stereocenters. The van der Waals surface area contributed by atoms with Gasteiger partial charge in [-0.2, -0.15) is 0 Å². The second-order valence-corrected chi connectivity index (χ2v) is 7.72. The van der Waals surface area contributed by atoms with E-state index in [-0.39, 0.29) is 6.42 Å². The summed E-state index contributed by atoms with van der Waals surface area (Å²) in [5.41, 5.74) is 6.66. The van der Waals surface area contributed by atoms with Crippen molar-refractivity contribution in [3.63, 3.8) is 0 Å². The van der Waals surface area contributed by atoms with E-state index in [1.165, 1.54) is 5.56 Å². The van der Waals surface area contributed by atoms with Crippen LogP contribution in [0.4, 0.5) is 0 Å². The summed E-state index contributed by atoms with van der Waals surface area (Å²) in [5, 5.41) is 8.89. The molecule has 0 fully saturated rings. The molecule has 0 spiro atoms. The highest BCUT2D eigenvalue weighted by Crippen LogP contribution is 2.28. The quantitative estimate of drug-likeness (QED) is 0.632. The van der Waals surface area contributed by atoms with Gasteiger partial charge in [0.2, 0.25) is 0 Å². The Labute approximate surface area is 177 Å². The monoisotopic (exact) mass is 402 g/mol. The summed E-state index contributed by atoms with van der Waals surface area (Å²) in [4.78, 5) is 17.9. The molecule has 5 heteroatoms. The van der Waals surface area contributed by atoms with E-state index < -0.39 is 5.97 Å². The zero-order valence-corrected chi connectivity index (χ0v) is 17.2. The molecule has 1 aliphatic rings. The zero-order chi connectivity index (χ0) is 20.9. The van der Waals surface area contributed by atoms with Crippen LogP contribution < -0.4 is 4.74 Å². The minimum absolute atomic E-state index is 0.179. The molecule has 1 aliphatic heterocycles. The molecule has 154 valence electrons. The van der Waals surface area contributed by atoms with E-state index >= 15 is 0 Å². The van der Waals surface area contributed by atoms with E-state index in [1.807, 2.05) is 24.3 Å². The Morgan fingerprint density at radius 1 is 1.13 bits per heavy atom. The van der Waals surface area contributed by atoms with Crippen molar-refractivity contribution in [3.05, 3.63) is 83.0 Å². The summed E-state index contributed by atoms with van der Waals surface area (Å²) >= 11 is 0. The molecule has 4 rings (SSSR count). The molecule has 2 aromatic carbocycles. The van der Waals surface area contributed by atoms with Crippen LogP contribution in [0.15, 0.2) is 60.7 Å². The number of carboxylic acids is 1. The number of rotatable bonds is 7. The molecule has 3 aromatic rings. The van der Waals surface area contributed by atoms with Gasteiger partial charge in [-0.05, 0) is 47.9 Å². The summed E-state index contributed by atoms with van der Waals surface area (Å²) in [7, 11) is 0. The second-order valence-electron chi connectivity index (χ2n) is 7.72. The molecule has 0 amide bonds. The van der Waals surface area contributed by atoms with Crippen molar-refractivity contribution >= 4 is 5.97 Å². The minimum atomic E-state index is -0.749. The topological polar surface area (TPSA) is 62.7 Å². The van der Waals surface area contributed by atoms with E-state index in [4.69, 9.17) is 14.8 Å². The molecule has 5 nitrogen and oxygen atoms in total. The number of benzene rings is 2. The van der Waals surface area contributed by atoms with Gasteiger partial charge in [-0.25, -0.2) is 0 Å². The Hall–Kier alpha value is -3.18. The van der Waals surface area contributed by atoms with Gasteiger partial charge in [0.15, 0.2) is 0 Å². The zero-order valence-electron chi connectivity index (χ0n) is 17.2. The third-order valence-corrected chi connectivity index (χ3v) is 5.49. The number of pyridine rings is 1. The molecule has 0 bridgehead atoms. The van der Waals surface area contributed by atoms with Crippen molar-refractivity contribution in [1.82, 2.24) is 9.88 Å². The van der Waals surface area contributed by atoms with Gasteiger partial charge in [-0.3, -0.25) is 14.7 Å². The standard InChI is InChI=1S/C25H26N2O3/c1-18-15-21(30-17-19-5-3-2-4-6-19)8-9-22(18)24-10-7-20-16-27(14-12-25(28)29)13-11-23(20)26-24/h2-10,15H,11-14,16-17H2,1H3,(H,28,29). The lowest BCUT2D eigenvalue weighted by Gasteiger charge is -2.28. The Morgan fingerprint density at radius 3 is 2.73 bits per heavy atom. The smallest absolute Gasteiger partial charge is 0.304 e. The van der Waals surface area contributed by atoms with Crippen molar-refractivity contribution < 1.29 is 14.6 Å². The van der Waals surface area contributed by atoms with Crippen molar-refractivity contribution in [2.24, 2.45) is 0 Å². The lowest BCUT2D eigenvalue weighted by molar-refractivity contribution is -0.137. The molecule has 0 aliphatic carbocycles. The number of aliphatic carboxylic acids is 1. The SMILES string of the molecule is Cc1cc(OCc2ccccc2)ccc1-c1ccc2c(n1)CCN(CCC(=O)O)C2. The Balaban J connectivity index is 1.45. The van der Waals surface area contributed by atoms with E-state index in [9.17, 15) is 4.79 Å². The van der Waals surface area contributed by atoms with Crippen molar-refractivity contribution in [1.29, 1.82) is 0 Å². The maximum atomic E-state index is 10.8. The van der Waals surface area contributed by atoms with Crippen LogP contribution in [0.25, 0.3) is 11.3 Å². The molecular weight excluding hydrogens is 376 g/mol. The maximum absolute atomic E-state index is 10.8. The molecule has 30 heavy (non-hydrogen) atoms. The average Bonchev–Trinajstić information content (AvgIpc) is 2.76.